The summed E-state index contributed by atoms with van der Waals surface area (Å²) in [5, 5.41) is 22.8. The third-order valence-corrected chi connectivity index (χ3v) is 7.13. The van der Waals surface area contributed by atoms with E-state index in [2.05, 4.69) is 20.5 Å². The number of nitrogens with zero attached hydrogens (tertiary/aromatic N) is 6. The summed E-state index contributed by atoms with van der Waals surface area (Å²) in [6, 6.07) is 1.22. The van der Waals surface area contributed by atoms with Gasteiger partial charge >= 0.3 is 5.69 Å². The van der Waals surface area contributed by atoms with E-state index in [1.165, 1.54) is 24.6 Å². The van der Waals surface area contributed by atoms with E-state index in [9.17, 15) is 28.5 Å². The van der Waals surface area contributed by atoms with E-state index in [1.54, 1.807) is 17.8 Å². The Balaban J connectivity index is 1.77. The lowest BCUT2D eigenvalue weighted by Gasteiger charge is -2.11. The topological polar surface area (TPSA) is 164 Å². The molecule has 4 aromatic rings. The maximum atomic E-state index is 13.7. The molecular formula is C23H24F2N8O4S. The predicted molar refractivity (Wildman–Crippen MR) is 136 cm³/mol. The molecule has 0 aliphatic carbocycles. The van der Waals surface area contributed by atoms with Crippen molar-refractivity contribution in [2.45, 2.75) is 53.6 Å². The molecule has 12 nitrogen and oxygen atoms in total. The average molecular weight is 547 g/mol. The molecule has 4 rings (SSSR count). The number of halogens is 2. The maximum absolute atomic E-state index is 13.7. The normalized spacial score (nSPS) is 11.4. The number of hydrogen-bond acceptors (Lipinski definition) is 8. The van der Waals surface area contributed by atoms with E-state index in [0.717, 1.165) is 11.3 Å². The molecule has 2 amide bonds. The molecule has 3 N–H and O–H groups in total. The van der Waals surface area contributed by atoms with Crippen molar-refractivity contribution < 1.29 is 23.3 Å². The summed E-state index contributed by atoms with van der Waals surface area (Å²) in [6.07, 6.45) is -1.32. The van der Waals surface area contributed by atoms with Gasteiger partial charge in [0.25, 0.3) is 12.3 Å². The first-order valence-corrected chi connectivity index (χ1v) is 12.3. The standard InChI is InChI=1S/C23H24F2N8O4S/c1-5-31-9-14(10(2)29-31)13-8-15(21(24)25)27-23-17(13)18(20(38-23)22(26)35)28-16(34)6-7-32-12(4)19(33(36)37)11(3)30-32/h8-9,21H,5-7H2,1-4H3,(H2,26,35)(H,28,34). The fraction of sp³-hybridized carbons (Fsp3) is 0.348. The van der Waals surface area contributed by atoms with E-state index in [-0.39, 0.29) is 39.7 Å². The van der Waals surface area contributed by atoms with Crippen LogP contribution in [0.4, 0.5) is 20.2 Å². The van der Waals surface area contributed by atoms with E-state index in [0.29, 0.717) is 34.4 Å². The largest absolute Gasteiger partial charge is 0.365 e. The summed E-state index contributed by atoms with van der Waals surface area (Å²) < 4.78 is 30.4. The Morgan fingerprint density at radius 1 is 1.21 bits per heavy atom. The van der Waals surface area contributed by atoms with Crippen LogP contribution in [0.5, 0.6) is 0 Å². The van der Waals surface area contributed by atoms with Gasteiger partial charge in [-0.05, 0) is 39.3 Å². The molecule has 38 heavy (non-hydrogen) atoms. The number of primary amides is 1. The maximum Gasteiger partial charge on any atom is 0.312 e. The second kappa shape index (κ2) is 10.2. The number of nitro groups is 1. The summed E-state index contributed by atoms with van der Waals surface area (Å²) in [6.45, 7) is 7.21. The lowest BCUT2D eigenvalue weighted by atomic mass is 10.0. The summed E-state index contributed by atoms with van der Waals surface area (Å²) in [7, 11) is 0. The van der Waals surface area contributed by atoms with Gasteiger partial charge in [0.05, 0.1) is 22.8 Å². The van der Waals surface area contributed by atoms with Gasteiger partial charge < -0.3 is 11.1 Å². The number of nitrogens with one attached hydrogen (secondary N) is 1. The van der Waals surface area contributed by atoms with Crippen molar-refractivity contribution >= 4 is 44.7 Å². The molecule has 0 unspecified atom stereocenters. The van der Waals surface area contributed by atoms with Crippen molar-refractivity contribution in [3.63, 3.8) is 0 Å². The Morgan fingerprint density at radius 3 is 2.47 bits per heavy atom. The van der Waals surface area contributed by atoms with Crippen LogP contribution in [-0.2, 0) is 17.9 Å². The monoisotopic (exact) mass is 546 g/mol. The molecule has 0 atom stereocenters. The van der Waals surface area contributed by atoms with Gasteiger partial charge in [0.2, 0.25) is 5.91 Å². The zero-order valence-corrected chi connectivity index (χ0v) is 21.7. The van der Waals surface area contributed by atoms with Gasteiger partial charge in [-0.3, -0.25) is 29.1 Å². The zero-order valence-electron chi connectivity index (χ0n) is 20.9. The number of aromatic nitrogens is 5. The molecule has 200 valence electrons. The highest BCUT2D eigenvalue weighted by Crippen LogP contribution is 2.43. The minimum atomic E-state index is -2.87. The molecule has 0 aliphatic heterocycles. The van der Waals surface area contributed by atoms with E-state index in [4.69, 9.17) is 5.73 Å². The molecular weight excluding hydrogens is 522 g/mol. The van der Waals surface area contributed by atoms with Crippen LogP contribution in [0, 0.1) is 30.9 Å². The number of hydrogen-bond donors (Lipinski definition) is 2. The van der Waals surface area contributed by atoms with Crippen LogP contribution in [0.1, 0.15) is 52.2 Å². The molecule has 0 bridgehead atoms. The van der Waals surface area contributed by atoms with Crippen molar-refractivity contribution in [3.8, 4) is 11.1 Å². The van der Waals surface area contributed by atoms with Crippen LogP contribution in [0.2, 0.25) is 0 Å². The van der Waals surface area contributed by atoms with Gasteiger partial charge in [-0.2, -0.15) is 10.2 Å². The molecule has 0 aliphatic rings. The zero-order chi connectivity index (χ0) is 27.9. The van der Waals surface area contributed by atoms with E-state index < -0.39 is 28.9 Å². The molecule has 0 radical (unpaired) electrons. The number of carbonyl (C=O) groups excluding carboxylic acids is 2. The number of nitrogens with two attached hydrogens (primary N) is 1. The fourth-order valence-electron chi connectivity index (χ4n) is 4.26. The average Bonchev–Trinajstić information content (AvgIpc) is 3.49. The van der Waals surface area contributed by atoms with Crippen LogP contribution in [0.3, 0.4) is 0 Å². The SMILES string of the molecule is CCn1cc(-c2cc(C(F)F)nc3sc(C(N)=O)c(NC(=O)CCn4nc(C)c([N+](=O)[O-])c4C)c23)c(C)n1. The molecule has 0 spiro atoms. The molecule has 0 saturated heterocycles. The number of thiophene rings is 1. The number of alkyl halides is 2. The van der Waals surface area contributed by atoms with Gasteiger partial charge in [0, 0.05) is 30.1 Å². The summed E-state index contributed by atoms with van der Waals surface area (Å²) in [5.41, 5.74) is 6.99. The van der Waals surface area contributed by atoms with Gasteiger partial charge in [0.15, 0.2) is 0 Å². The van der Waals surface area contributed by atoms with Gasteiger partial charge in [-0.1, -0.05) is 0 Å². The second-order valence-electron chi connectivity index (χ2n) is 8.53. The minimum absolute atomic E-state index is 0.0311. The fourth-order valence-corrected chi connectivity index (χ4v) is 5.27. The number of rotatable bonds is 9. The highest BCUT2D eigenvalue weighted by atomic mass is 32.1. The number of pyridine rings is 1. The van der Waals surface area contributed by atoms with Crippen molar-refractivity contribution in [3.05, 3.63) is 50.0 Å². The highest BCUT2D eigenvalue weighted by Gasteiger charge is 2.27. The van der Waals surface area contributed by atoms with E-state index >= 15 is 0 Å². The van der Waals surface area contributed by atoms with Crippen molar-refractivity contribution in [2.75, 3.05) is 5.32 Å². The van der Waals surface area contributed by atoms with Crippen LogP contribution >= 0.6 is 11.3 Å². The van der Waals surface area contributed by atoms with Crippen LogP contribution in [0.15, 0.2) is 12.3 Å². The summed E-state index contributed by atoms with van der Waals surface area (Å²) in [5.74, 6) is -1.39. The Morgan fingerprint density at radius 2 is 1.92 bits per heavy atom. The number of aryl methyl sites for hydroxylation is 4. The van der Waals surface area contributed by atoms with Gasteiger partial charge in [0.1, 0.15) is 26.8 Å². The Labute approximate surface area is 218 Å². The lowest BCUT2D eigenvalue weighted by molar-refractivity contribution is -0.386. The van der Waals surface area contributed by atoms with E-state index in [1.807, 2.05) is 6.92 Å². The Kier molecular flexibility index (Phi) is 7.22. The second-order valence-corrected chi connectivity index (χ2v) is 9.53. The minimum Gasteiger partial charge on any atom is -0.365 e. The first-order valence-electron chi connectivity index (χ1n) is 11.5. The number of carbonyl (C=O) groups is 2. The highest BCUT2D eigenvalue weighted by molar-refractivity contribution is 7.21. The number of fused-ring (bicyclic) bond motifs is 1. The quantitative estimate of drug-likeness (QED) is 0.234. The molecule has 0 fully saturated rings. The van der Waals surface area contributed by atoms with Crippen molar-refractivity contribution in [1.82, 2.24) is 24.5 Å². The van der Waals surface area contributed by atoms with Crippen LogP contribution < -0.4 is 11.1 Å². The first-order chi connectivity index (χ1) is 17.9. The third-order valence-electron chi connectivity index (χ3n) is 6.03. The van der Waals surface area contributed by atoms with Gasteiger partial charge in [-0.25, -0.2) is 13.8 Å². The predicted octanol–water partition coefficient (Wildman–Crippen LogP) is 4.27. The van der Waals surface area contributed by atoms with Gasteiger partial charge in [-0.15, -0.1) is 11.3 Å². The lowest BCUT2D eigenvalue weighted by Crippen LogP contribution is -2.18. The molecule has 0 saturated carbocycles. The third kappa shape index (κ3) is 4.83. The molecule has 15 heteroatoms. The smallest absolute Gasteiger partial charge is 0.312 e. The Bertz CT molecular complexity index is 1590. The first kappa shape index (κ1) is 26.8. The number of amides is 2. The Hall–Kier alpha value is -4.27. The van der Waals surface area contributed by atoms with Crippen LogP contribution in [-0.4, -0.2) is 41.3 Å². The van der Waals surface area contributed by atoms with Crippen molar-refractivity contribution in [1.29, 1.82) is 0 Å². The summed E-state index contributed by atoms with van der Waals surface area (Å²) >= 11 is 0.805. The summed E-state index contributed by atoms with van der Waals surface area (Å²) in [4.78, 5) is 40.1. The molecule has 0 aromatic carbocycles. The number of anilines is 1. The van der Waals surface area contributed by atoms with Crippen LogP contribution in [0.25, 0.3) is 21.3 Å². The molecule has 4 heterocycles. The van der Waals surface area contributed by atoms with Crippen molar-refractivity contribution in [2.24, 2.45) is 5.73 Å². The molecule has 4 aromatic heterocycles.